The second kappa shape index (κ2) is 5.23. The third kappa shape index (κ3) is 3.23. The average Bonchev–Trinajstić information content (AvgIpc) is 2.68. The monoisotopic (exact) mass is 251 g/mol. The first kappa shape index (κ1) is 12.0. The molecule has 0 aromatic heterocycles. The lowest BCUT2D eigenvalue weighted by molar-refractivity contribution is 0.550. The molecule has 5 heteroatoms. The second-order valence-corrected chi connectivity index (χ2v) is 4.38. The van der Waals surface area contributed by atoms with Crippen molar-refractivity contribution >= 4 is 28.9 Å². The van der Waals surface area contributed by atoms with Crippen molar-refractivity contribution in [2.75, 3.05) is 18.9 Å². The number of aliphatic imine (C=N–C) groups is 1. The first-order valence-electron chi connectivity index (χ1n) is 5.50. The molecule has 0 bridgehead atoms. The van der Waals surface area contributed by atoms with Gasteiger partial charge in [0.05, 0.1) is 0 Å². The maximum atomic E-state index is 12.7. The van der Waals surface area contributed by atoms with E-state index in [4.69, 9.17) is 12.2 Å². The summed E-state index contributed by atoms with van der Waals surface area (Å²) in [6.45, 7) is 1.03. The average molecular weight is 251 g/mol. The number of hydrogen-bond donors (Lipinski definition) is 1. The van der Waals surface area contributed by atoms with Gasteiger partial charge in [-0.1, -0.05) is 0 Å². The van der Waals surface area contributed by atoms with E-state index in [1.165, 1.54) is 12.1 Å². The highest BCUT2D eigenvalue weighted by molar-refractivity contribution is 7.80. The van der Waals surface area contributed by atoms with Gasteiger partial charge < -0.3 is 10.2 Å². The van der Waals surface area contributed by atoms with Crippen LogP contribution in [0.5, 0.6) is 0 Å². The van der Waals surface area contributed by atoms with Crippen LogP contribution in [0.4, 0.5) is 10.1 Å². The van der Waals surface area contributed by atoms with Gasteiger partial charge in [-0.2, -0.15) is 0 Å². The number of halogens is 1. The fraction of sp³-hybridized carbons (Fsp3) is 0.333. The van der Waals surface area contributed by atoms with Crippen molar-refractivity contribution in [1.82, 2.24) is 4.90 Å². The Balaban J connectivity index is 2.00. The van der Waals surface area contributed by atoms with Gasteiger partial charge in [0.2, 0.25) is 0 Å². The highest BCUT2D eigenvalue weighted by Crippen LogP contribution is 2.11. The van der Waals surface area contributed by atoms with E-state index in [0.29, 0.717) is 5.11 Å². The van der Waals surface area contributed by atoms with Crippen LogP contribution in [0.1, 0.15) is 12.8 Å². The third-order valence-electron chi connectivity index (χ3n) is 2.66. The summed E-state index contributed by atoms with van der Waals surface area (Å²) in [5, 5.41) is 3.38. The van der Waals surface area contributed by atoms with Crippen molar-refractivity contribution in [1.29, 1.82) is 0 Å². The Labute approximate surface area is 105 Å². The summed E-state index contributed by atoms with van der Waals surface area (Å²) in [6, 6.07) is 6.06. The molecule has 1 N–H and O–H groups in total. The molecule has 1 aromatic carbocycles. The molecule has 1 heterocycles. The van der Waals surface area contributed by atoms with Crippen LogP contribution in [0.15, 0.2) is 29.3 Å². The van der Waals surface area contributed by atoms with Crippen molar-refractivity contribution in [3.63, 3.8) is 0 Å². The Morgan fingerprint density at radius 3 is 2.71 bits per heavy atom. The standard InChI is InChI=1S/C12H14FN3S/c1-16-8-2-3-11(16)15-12(17)14-10-6-4-9(13)5-7-10/h4-7H,2-3,8H2,1H3,(H,14,17). The molecule has 1 aliphatic heterocycles. The van der Waals surface area contributed by atoms with Gasteiger partial charge in [0.1, 0.15) is 11.7 Å². The van der Waals surface area contributed by atoms with E-state index in [-0.39, 0.29) is 5.82 Å². The van der Waals surface area contributed by atoms with Crippen LogP contribution in [0, 0.1) is 5.82 Å². The molecule has 1 fully saturated rings. The molecular formula is C12H14FN3S. The number of benzene rings is 1. The quantitative estimate of drug-likeness (QED) is 0.778. The number of likely N-dealkylation sites (tertiary alicyclic amines) is 1. The van der Waals surface area contributed by atoms with E-state index in [1.807, 2.05) is 7.05 Å². The highest BCUT2D eigenvalue weighted by atomic mass is 32.1. The SMILES string of the molecule is CN1CCCC1=NC(=S)Nc1ccc(F)cc1. The summed E-state index contributed by atoms with van der Waals surface area (Å²) in [4.78, 5) is 6.44. The number of anilines is 1. The zero-order valence-corrected chi connectivity index (χ0v) is 10.4. The number of amidine groups is 1. The molecule has 0 atom stereocenters. The predicted octanol–water partition coefficient (Wildman–Crippen LogP) is 2.65. The Morgan fingerprint density at radius 2 is 2.12 bits per heavy atom. The van der Waals surface area contributed by atoms with Crippen LogP contribution in [0.3, 0.4) is 0 Å². The lowest BCUT2D eigenvalue weighted by atomic mass is 10.3. The Hall–Kier alpha value is -1.49. The highest BCUT2D eigenvalue weighted by Gasteiger charge is 2.14. The zero-order valence-electron chi connectivity index (χ0n) is 9.61. The van der Waals surface area contributed by atoms with Crippen LogP contribution in [0.2, 0.25) is 0 Å². The smallest absolute Gasteiger partial charge is 0.198 e. The third-order valence-corrected chi connectivity index (χ3v) is 2.85. The minimum atomic E-state index is -0.261. The van der Waals surface area contributed by atoms with Crippen molar-refractivity contribution in [3.05, 3.63) is 30.1 Å². The van der Waals surface area contributed by atoms with Gasteiger partial charge >= 0.3 is 0 Å². The number of rotatable bonds is 1. The Bertz CT molecular complexity index is 442. The molecule has 1 aliphatic rings. The van der Waals surface area contributed by atoms with E-state index in [1.54, 1.807) is 12.1 Å². The summed E-state index contributed by atoms with van der Waals surface area (Å²) >= 11 is 5.14. The molecule has 3 nitrogen and oxygen atoms in total. The fourth-order valence-electron chi connectivity index (χ4n) is 1.74. The molecule has 90 valence electrons. The largest absolute Gasteiger partial charge is 0.363 e. The molecular weight excluding hydrogens is 237 g/mol. The van der Waals surface area contributed by atoms with Crippen molar-refractivity contribution < 1.29 is 4.39 Å². The van der Waals surface area contributed by atoms with Crippen LogP contribution >= 0.6 is 12.2 Å². The second-order valence-electron chi connectivity index (χ2n) is 3.99. The lowest BCUT2D eigenvalue weighted by Gasteiger charge is -2.11. The molecule has 17 heavy (non-hydrogen) atoms. The zero-order chi connectivity index (χ0) is 12.3. The predicted molar refractivity (Wildman–Crippen MR) is 71.9 cm³/mol. The van der Waals surface area contributed by atoms with Gasteiger partial charge in [-0.25, -0.2) is 9.38 Å². The minimum absolute atomic E-state index is 0.261. The lowest BCUT2D eigenvalue weighted by Crippen LogP contribution is -2.21. The topological polar surface area (TPSA) is 27.6 Å². The van der Waals surface area contributed by atoms with Gasteiger partial charge in [0.25, 0.3) is 0 Å². The van der Waals surface area contributed by atoms with E-state index in [9.17, 15) is 4.39 Å². The summed E-state index contributed by atoms with van der Waals surface area (Å²) < 4.78 is 12.7. The van der Waals surface area contributed by atoms with Crippen LogP contribution < -0.4 is 5.32 Å². The molecule has 1 aromatic rings. The molecule has 2 rings (SSSR count). The van der Waals surface area contributed by atoms with Crippen LogP contribution in [-0.2, 0) is 0 Å². The minimum Gasteiger partial charge on any atom is -0.363 e. The number of thiocarbonyl (C=S) groups is 1. The molecule has 0 saturated carbocycles. The Morgan fingerprint density at radius 1 is 1.41 bits per heavy atom. The summed E-state index contributed by atoms with van der Waals surface area (Å²) in [7, 11) is 2.01. The van der Waals surface area contributed by atoms with Crippen molar-refractivity contribution in [2.24, 2.45) is 4.99 Å². The molecule has 0 aliphatic carbocycles. The molecule has 0 spiro atoms. The van der Waals surface area contributed by atoms with E-state index >= 15 is 0 Å². The number of hydrogen-bond acceptors (Lipinski definition) is 1. The molecule has 1 saturated heterocycles. The number of nitrogens with zero attached hydrogens (tertiary/aromatic N) is 2. The fourth-order valence-corrected chi connectivity index (χ4v) is 1.96. The van der Waals surface area contributed by atoms with Gasteiger partial charge in [-0.3, -0.25) is 0 Å². The maximum absolute atomic E-state index is 12.7. The van der Waals surface area contributed by atoms with E-state index < -0.39 is 0 Å². The number of nitrogens with one attached hydrogen (secondary N) is 1. The first-order valence-corrected chi connectivity index (χ1v) is 5.91. The maximum Gasteiger partial charge on any atom is 0.198 e. The normalized spacial score (nSPS) is 17.5. The summed E-state index contributed by atoms with van der Waals surface area (Å²) in [5.41, 5.74) is 0.751. The summed E-state index contributed by atoms with van der Waals surface area (Å²) in [6.07, 6.45) is 2.08. The molecule has 0 radical (unpaired) electrons. The Kier molecular flexibility index (Phi) is 3.68. The van der Waals surface area contributed by atoms with Gasteiger partial charge in [0, 0.05) is 25.7 Å². The summed E-state index contributed by atoms with van der Waals surface area (Å²) in [5.74, 6) is 0.743. The van der Waals surface area contributed by atoms with Gasteiger partial charge in [0.15, 0.2) is 5.11 Å². The van der Waals surface area contributed by atoms with Crippen molar-refractivity contribution in [3.8, 4) is 0 Å². The van der Waals surface area contributed by atoms with Crippen LogP contribution in [-0.4, -0.2) is 29.4 Å². The van der Waals surface area contributed by atoms with E-state index in [2.05, 4.69) is 15.2 Å². The molecule has 0 unspecified atom stereocenters. The van der Waals surface area contributed by atoms with Gasteiger partial charge in [-0.15, -0.1) is 0 Å². The molecule has 0 amide bonds. The van der Waals surface area contributed by atoms with Crippen LogP contribution in [0.25, 0.3) is 0 Å². The van der Waals surface area contributed by atoms with E-state index in [0.717, 1.165) is 30.9 Å². The first-order chi connectivity index (χ1) is 8.15. The van der Waals surface area contributed by atoms with Crippen molar-refractivity contribution in [2.45, 2.75) is 12.8 Å². The van der Waals surface area contributed by atoms with Gasteiger partial charge in [-0.05, 0) is 42.9 Å².